The molecule has 0 amide bonds. The molecular weight excluding hydrogens is 176 g/mol. The lowest BCUT2D eigenvalue weighted by Gasteiger charge is -2.24. The molecule has 0 heterocycles. The molecule has 1 aliphatic carbocycles. The second-order valence-corrected chi connectivity index (χ2v) is 4.21. The molecule has 0 fully saturated rings. The van der Waals surface area contributed by atoms with Crippen molar-refractivity contribution in [2.24, 2.45) is 11.8 Å². The first kappa shape index (κ1) is 11.4. The van der Waals surface area contributed by atoms with Crippen molar-refractivity contribution in [2.45, 2.75) is 33.1 Å². The van der Waals surface area contributed by atoms with Crippen LogP contribution < -0.4 is 0 Å². The van der Waals surface area contributed by atoms with Gasteiger partial charge in [-0.15, -0.1) is 0 Å². The lowest BCUT2D eigenvalue weighted by Crippen LogP contribution is -2.20. The van der Waals surface area contributed by atoms with Crippen molar-refractivity contribution in [2.75, 3.05) is 13.2 Å². The first-order valence-electron chi connectivity index (χ1n) is 5.42. The van der Waals surface area contributed by atoms with Crippen LogP contribution in [0.4, 0.5) is 0 Å². The van der Waals surface area contributed by atoms with Gasteiger partial charge in [0.25, 0.3) is 0 Å². The average Bonchev–Trinajstić information content (AvgIpc) is 2.15. The van der Waals surface area contributed by atoms with Crippen LogP contribution in [-0.2, 0) is 9.53 Å². The molecule has 0 aromatic rings. The van der Waals surface area contributed by atoms with Crippen LogP contribution in [0, 0.1) is 11.8 Å². The van der Waals surface area contributed by atoms with Crippen molar-refractivity contribution in [1.82, 2.24) is 0 Å². The molecule has 0 spiro atoms. The Morgan fingerprint density at radius 3 is 2.79 bits per heavy atom. The third-order valence-electron chi connectivity index (χ3n) is 2.85. The molecule has 2 unspecified atom stereocenters. The summed E-state index contributed by atoms with van der Waals surface area (Å²) >= 11 is 0. The van der Waals surface area contributed by atoms with Gasteiger partial charge < -0.3 is 4.74 Å². The highest BCUT2D eigenvalue weighted by atomic mass is 16.5. The Morgan fingerprint density at radius 2 is 2.14 bits per heavy atom. The number of hydrogen-bond donors (Lipinski definition) is 0. The van der Waals surface area contributed by atoms with E-state index in [9.17, 15) is 4.79 Å². The molecule has 0 N–H and O–H groups in total. The summed E-state index contributed by atoms with van der Waals surface area (Å²) in [5.74, 6) is 1.57. The maximum Gasteiger partial charge on any atom is 0.132 e. The number of rotatable bonds is 5. The number of Topliss-reactive ketones (excluding diaryl/α,β-unsaturated/α-hetero) is 1. The molecule has 80 valence electrons. The Morgan fingerprint density at radius 1 is 1.43 bits per heavy atom. The largest absolute Gasteiger partial charge is 0.381 e. The van der Waals surface area contributed by atoms with Gasteiger partial charge in [-0.05, 0) is 31.6 Å². The zero-order valence-electron chi connectivity index (χ0n) is 9.16. The fourth-order valence-corrected chi connectivity index (χ4v) is 1.69. The highest BCUT2D eigenvalue weighted by Gasteiger charge is 2.17. The molecule has 0 saturated heterocycles. The number of allylic oxidation sites excluding steroid dienone is 2. The Labute approximate surface area is 86.3 Å². The van der Waals surface area contributed by atoms with Gasteiger partial charge in [0.05, 0.1) is 6.61 Å². The highest BCUT2D eigenvalue weighted by molar-refractivity contribution is 5.75. The summed E-state index contributed by atoms with van der Waals surface area (Å²) in [5.41, 5.74) is 0. The molecule has 0 aromatic heterocycles. The van der Waals surface area contributed by atoms with Gasteiger partial charge in [0.2, 0.25) is 0 Å². The van der Waals surface area contributed by atoms with Crippen LogP contribution in [0.2, 0.25) is 0 Å². The molecule has 14 heavy (non-hydrogen) atoms. The molecule has 1 rings (SSSR count). The topological polar surface area (TPSA) is 26.3 Å². The molecule has 0 saturated carbocycles. The van der Waals surface area contributed by atoms with Crippen molar-refractivity contribution in [1.29, 1.82) is 0 Å². The van der Waals surface area contributed by atoms with E-state index < -0.39 is 0 Å². The van der Waals surface area contributed by atoms with Gasteiger partial charge in [-0.25, -0.2) is 0 Å². The molecule has 2 nitrogen and oxygen atoms in total. The zero-order valence-corrected chi connectivity index (χ0v) is 9.16. The molecule has 0 bridgehead atoms. The van der Waals surface area contributed by atoms with E-state index in [0.29, 0.717) is 18.9 Å². The van der Waals surface area contributed by atoms with Crippen molar-refractivity contribution >= 4 is 5.78 Å². The Balaban J connectivity index is 2.11. The summed E-state index contributed by atoms with van der Waals surface area (Å²) in [6.45, 7) is 5.26. The lowest BCUT2D eigenvalue weighted by atomic mass is 9.85. The van der Waals surface area contributed by atoms with Crippen molar-refractivity contribution < 1.29 is 9.53 Å². The summed E-state index contributed by atoms with van der Waals surface area (Å²) in [6, 6.07) is 0. The zero-order chi connectivity index (χ0) is 10.4. The monoisotopic (exact) mass is 196 g/mol. The van der Waals surface area contributed by atoms with Crippen LogP contribution in [0.15, 0.2) is 12.2 Å². The number of hydrogen-bond acceptors (Lipinski definition) is 2. The predicted octanol–water partition coefficient (Wildman–Crippen LogP) is 2.58. The van der Waals surface area contributed by atoms with Crippen LogP contribution in [-0.4, -0.2) is 19.0 Å². The minimum Gasteiger partial charge on any atom is -0.381 e. The van der Waals surface area contributed by atoms with E-state index in [1.807, 2.05) is 0 Å². The minimum absolute atomic E-state index is 0.210. The van der Waals surface area contributed by atoms with Gasteiger partial charge in [0.1, 0.15) is 5.78 Å². The van der Waals surface area contributed by atoms with E-state index in [1.54, 1.807) is 6.92 Å². The summed E-state index contributed by atoms with van der Waals surface area (Å²) in [4.78, 5) is 10.7. The minimum atomic E-state index is 0.210. The first-order chi connectivity index (χ1) is 6.70. The van der Waals surface area contributed by atoms with E-state index in [1.165, 1.54) is 6.42 Å². The van der Waals surface area contributed by atoms with Crippen LogP contribution in [0.3, 0.4) is 0 Å². The molecule has 0 radical (unpaired) electrons. The average molecular weight is 196 g/mol. The van der Waals surface area contributed by atoms with Crippen LogP contribution in [0.5, 0.6) is 0 Å². The fraction of sp³-hybridized carbons (Fsp3) is 0.750. The van der Waals surface area contributed by atoms with Crippen LogP contribution >= 0.6 is 0 Å². The van der Waals surface area contributed by atoms with E-state index in [2.05, 4.69) is 19.1 Å². The first-order valence-corrected chi connectivity index (χ1v) is 5.42. The Hall–Kier alpha value is -0.630. The highest BCUT2D eigenvalue weighted by Crippen LogP contribution is 2.24. The molecule has 2 heteroatoms. The number of carbonyl (C=O) groups excluding carboxylic acids is 1. The molecule has 1 aliphatic rings. The van der Waals surface area contributed by atoms with Crippen molar-refractivity contribution in [3.63, 3.8) is 0 Å². The summed E-state index contributed by atoms with van der Waals surface area (Å²) < 4.78 is 5.50. The second kappa shape index (κ2) is 5.97. The standard InChI is InChI=1S/C12H20O2/c1-10-5-3-4-6-12(10)9-14-8-7-11(2)13/h3-4,10,12H,5-9H2,1-2H3. The smallest absolute Gasteiger partial charge is 0.132 e. The van der Waals surface area contributed by atoms with Crippen molar-refractivity contribution in [3.05, 3.63) is 12.2 Å². The van der Waals surface area contributed by atoms with Gasteiger partial charge in [-0.2, -0.15) is 0 Å². The van der Waals surface area contributed by atoms with E-state index in [0.717, 1.165) is 18.9 Å². The maximum absolute atomic E-state index is 10.7. The fourth-order valence-electron chi connectivity index (χ4n) is 1.69. The SMILES string of the molecule is CC(=O)CCOCC1CC=CCC1C. The third-order valence-corrected chi connectivity index (χ3v) is 2.85. The Kier molecular flexibility index (Phi) is 4.88. The predicted molar refractivity (Wildman–Crippen MR) is 57.1 cm³/mol. The molecular formula is C12H20O2. The number of carbonyl (C=O) groups is 1. The molecule has 0 aliphatic heterocycles. The summed E-state index contributed by atoms with van der Waals surface area (Å²) in [7, 11) is 0. The van der Waals surface area contributed by atoms with Gasteiger partial charge in [0.15, 0.2) is 0 Å². The van der Waals surface area contributed by atoms with Gasteiger partial charge in [-0.1, -0.05) is 19.1 Å². The molecule has 0 aromatic carbocycles. The normalized spacial score (nSPS) is 26.4. The second-order valence-electron chi connectivity index (χ2n) is 4.21. The maximum atomic E-state index is 10.7. The van der Waals surface area contributed by atoms with Gasteiger partial charge in [0, 0.05) is 13.0 Å². The van der Waals surface area contributed by atoms with E-state index in [4.69, 9.17) is 4.74 Å². The van der Waals surface area contributed by atoms with Gasteiger partial charge >= 0.3 is 0 Å². The van der Waals surface area contributed by atoms with E-state index >= 15 is 0 Å². The lowest BCUT2D eigenvalue weighted by molar-refractivity contribution is -0.118. The molecule has 2 atom stereocenters. The summed E-state index contributed by atoms with van der Waals surface area (Å²) in [6.07, 6.45) is 7.33. The Bertz CT molecular complexity index is 208. The summed E-state index contributed by atoms with van der Waals surface area (Å²) in [5, 5.41) is 0. The van der Waals surface area contributed by atoms with Gasteiger partial charge in [-0.3, -0.25) is 4.79 Å². The van der Waals surface area contributed by atoms with Crippen molar-refractivity contribution in [3.8, 4) is 0 Å². The number of ether oxygens (including phenoxy) is 1. The van der Waals surface area contributed by atoms with Crippen LogP contribution in [0.25, 0.3) is 0 Å². The van der Waals surface area contributed by atoms with Crippen LogP contribution in [0.1, 0.15) is 33.1 Å². The number of ketones is 1. The van der Waals surface area contributed by atoms with E-state index in [-0.39, 0.29) is 5.78 Å². The quantitative estimate of drug-likeness (QED) is 0.499. The third kappa shape index (κ3) is 4.05.